The average molecular weight is 387 g/mol. The quantitative estimate of drug-likeness (QED) is 0.543. The summed E-state index contributed by atoms with van der Waals surface area (Å²) in [7, 11) is 0. The van der Waals surface area contributed by atoms with Crippen molar-refractivity contribution < 1.29 is 9.59 Å². The second-order valence-electron chi connectivity index (χ2n) is 12.0. The van der Waals surface area contributed by atoms with Crippen LogP contribution >= 0.6 is 0 Å². The van der Waals surface area contributed by atoms with Crippen molar-refractivity contribution in [3.8, 4) is 0 Å². The summed E-state index contributed by atoms with van der Waals surface area (Å²) in [6, 6.07) is 0. The molecule has 0 radical (unpaired) electrons. The van der Waals surface area contributed by atoms with Crippen molar-refractivity contribution >= 4 is 11.6 Å². The van der Waals surface area contributed by atoms with Crippen LogP contribution < -0.4 is 0 Å². The van der Waals surface area contributed by atoms with E-state index in [0.29, 0.717) is 41.7 Å². The monoisotopic (exact) mass is 386 g/mol. The zero-order valence-corrected chi connectivity index (χ0v) is 18.9. The van der Waals surface area contributed by atoms with E-state index in [1.807, 2.05) is 0 Å². The maximum absolute atomic E-state index is 13.6. The van der Waals surface area contributed by atoms with E-state index in [2.05, 4.69) is 34.6 Å². The molecule has 4 rings (SSSR count). The molecule has 28 heavy (non-hydrogen) atoms. The molecule has 2 nitrogen and oxygen atoms in total. The van der Waals surface area contributed by atoms with Gasteiger partial charge in [-0.2, -0.15) is 0 Å². The fourth-order valence-corrected chi connectivity index (χ4v) is 8.55. The third-order valence-corrected chi connectivity index (χ3v) is 10.2. The summed E-state index contributed by atoms with van der Waals surface area (Å²) in [5.41, 5.74) is 0.458. The average Bonchev–Trinajstić information content (AvgIpc) is 3.08. The van der Waals surface area contributed by atoms with E-state index in [1.54, 1.807) is 0 Å². The van der Waals surface area contributed by atoms with Crippen LogP contribution in [0.2, 0.25) is 0 Å². The van der Waals surface area contributed by atoms with Gasteiger partial charge in [0.05, 0.1) is 0 Å². The Labute approximate surface area is 172 Å². The molecule has 4 fully saturated rings. The van der Waals surface area contributed by atoms with Crippen LogP contribution in [0.1, 0.15) is 98.8 Å². The minimum Gasteiger partial charge on any atom is -0.300 e. The van der Waals surface area contributed by atoms with Gasteiger partial charge in [-0.15, -0.1) is 0 Å². The molecule has 0 bridgehead atoms. The summed E-state index contributed by atoms with van der Waals surface area (Å²) in [5, 5.41) is 0. The van der Waals surface area contributed by atoms with E-state index in [4.69, 9.17) is 0 Å². The van der Waals surface area contributed by atoms with E-state index in [1.165, 1.54) is 44.9 Å². The molecule has 0 saturated heterocycles. The van der Waals surface area contributed by atoms with Gasteiger partial charge in [0, 0.05) is 24.7 Å². The largest absolute Gasteiger partial charge is 0.300 e. The van der Waals surface area contributed by atoms with Gasteiger partial charge in [0.25, 0.3) is 0 Å². The first kappa shape index (κ1) is 20.6. The Morgan fingerprint density at radius 2 is 1.64 bits per heavy atom. The van der Waals surface area contributed by atoms with Crippen LogP contribution in [0.3, 0.4) is 0 Å². The Morgan fingerprint density at radius 3 is 2.36 bits per heavy atom. The Balaban J connectivity index is 1.53. The fraction of sp³-hybridized carbons (Fsp3) is 0.923. The normalized spacial score (nSPS) is 46.4. The van der Waals surface area contributed by atoms with E-state index in [9.17, 15) is 9.59 Å². The van der Waals surface area contributed by atoms with Crippen molar-refractivity contribution in [1.82, 2.24) is 0 Å². The number of Topliss-reactive ketones (excluding diaryl/α,β-unsaturated/α-hetero) is 2. The van der Waals surface area contributed by atoms with Gasteiger partial charge in [-0.25, -0.2) is 0 Å². The Kier molecular flexibility index (Phi) is 5.33. The number of ketones is 2. The number of carbonyl (C=O) groups excluding carboxylic acids is 2. The van der Waals surface area contributed by atoms with Crippen LogP contribution in [0.4, 0.5) is 0 Å². The number of fused-ring (bicyclic) bond motifs is 5. The first-order valence-electron chi connectivity index (χ1n) is 12.2. The van der Waals surface area contributed by atoms with Crippen LogP contribution in [0.25, 0.3) is 0 Å². The van der Waals surface area contributed by atoms with E-state index in [0.717, 1.165) is 24.2 Å². The third kappa shape index (κ3) is 3.03. The minimum absolute atomic E-state index is 0.0358. The molecule has 0 aromatic heterocycles. The molecule has 8 atom stereocenters. The van der Waals surface area contributed by atoms with E-state index < -0.39 is 0 Å². The molecule has 4 aliphatic rings. The molecule has 4 saturated carbocycles. The SMILES string of the molecule is CC(C)CCC[C@@H](C)[C@@H]1CC[C@H]2[C@H]3C(=O)[C@H]4CC(=O)CC[C@]4(C)[C@@H]3CC[C@@]21C. The number of carbonyl (C=O) groups is 2. The van der Waals surface area contributed by atoms with Crippen molar-refractivity contribution in [3.05, 3.63) is 0 Å². The molecule has 0 amide bonds. The van der Waals surface area contributed by atoms with Gasteiger partial charge in [0.15, 0.2) is 0 Å². The van der Waals surface area contributed by atoms with E-state index in [-0.39, 0.29) is 17.3 Å². The fourth-order valence-electron chi connectivity index (χ4n) is 8.55. The Bertz CT molecular complexity index is 636. The smallest absolute Gasteiger partial charge is 0.140 e. The zero-order valence-electron chi connectivity index (χ0n) is 18.9. The lowest BCUT2D eigenvalue weighted by atomic mass is 9.53. The van der Waals surface area contributed by atoms with Gasteiger partial charge in [-0.1, -0.05) is 53.9 Å². The predicted molar refractivity (Wildman–Crippen MR) is 114 cm³/mol. The lowest BCUT2D eigenvalue weighted by Crippen LogP contribution is -2.45. The molecule has 0 spiro atoms. The standard InChI is InChI=1S/C26H42O2/c1-16(2)7-6-8-17(3)19-9-10-20-23-21(12-14-25(19,20)4)26(5)13-11-18(27)15-22(26)24(23)28/h16-17,19-23H,6-15H2,1-5H3/t17-,19+,20+,21-,22-,23-,25-,26-/m1/s1. The molecule has 158 valence electrons. The van der Waals surface area contributed by atoms with Crippen molar-refractivity contribution in [2.24, 2.45) is 52.3 Å². The van der Waals surface area contributed by atoms with Crippen LogP contribution in [0.15, 0.2) is 0 Å². The van der Waals surface area contributed by atoms with Crippen molar-refractivity contribution in [2.45, 2.75) is 98.8 Å². The first-order chi connectivity index (χ1) is 13.2. The maximum atomic E-state index is 13.6. The first-order valence-corrected chi connectivity index (χ1v) is 12.2. The summed E-state index contributed by atoms with van der Waals surface area (Å²) >= 11 is 0. The molecule has 0 heterocycles. The lowest BCUT2D eigenvalue weighted by Gasteiger charge is -2.50. The minimum atomic E-state index is 0.0358. The predicted octanol–water partition coefficient (Wildman–Crippen LogP) is 6.47. The maximum Gasteiger partial charge on any atom is 0.140 e. The highest BCUT2D eigenvalue weighted by atomic mass is 16.1. The Hall–Kier alpha value is -0.660. The number of hydrogen-bond acceptors (Lipinski definition) is 2. The third-order valence-electron chi connectivity index (χ3n) is 10.2. The zero-order chi connectivity index (χ0) is 20.3. The molecular formula is C26H42O2. The number of hydrogen-bond donors (Lipinski definition) is 0. The van der Waals surface area contributed by atoms with Crippen LogP contribution in [0, 0.1) is 52.3 Å². The molecule has 2 heteroatoms. The van der Waals surface area contributed by atoms with E-state index >= 15 is 0 Å². The highest BCUT2D eigenvalue weighted by molar-refractivity contribution is 5.93. The second-order valence-corrected chi connectivity index (χ2v) is 12.0. The lowest BCUT2D eigenvalue weighted by molar-refractivity contribution is -0.134. The van der Waals surface area contributed by atoms with Crippen molar-refractivity contribution in [1.29, 1.82) is 0 Å². The summed E-state index contributed by atoms with van der Waals surface area (Å²) < 4.78 is 0. The highest BCUT2D eigenvalue weighted by Gasteiger charge is 2.66. The van der Waals surface area contributed by atoms with Crippen LogP contribution in [-0.2, 0) is 9.59 Å². The molecule has 0 aromatic carbocycles. The van der Waals surface area contributed by atoms with Gasteiger partial charge in [-0.3, -0.25) is 9.59 Å². The molecule has 0 aromatic rings. The number of rotatable bonds is 5. The molecular weight excluding hydrogens is 344 g/mol. The van der Waals surface area contributed by atoms with Gasteiger partial charge in [0.2, 0.25) is 0 Å². The van der Waals surface area contributed by atoms with Gasteiger partial charge in [-0.05, 0) is 72.5 Å². The van der Waals surface area contributed by atoms with Gasteiger partial charge in [0.1, 0.15) is 11.6 Å². The molecule has 4 aliphatic carbocycles. The molecule has 0 aliphatic heterocycles. The summed E-state index contributed by atoms with van der Waals surface area (Å²) in [4.78, 5) is 25.7. The van der Waals surface area contributed by atoms with Crippen LogP contribution in [0.5, 0.6) is 0 Å². The topological polar surface area (TPSA) is 34.1 Å². The second kappa shape index (κ2) is 7.24. The van der Waals surface area contributed by atoms with Gasteiger partial charge >= 0.3 is 0 Å². The van der Waals surface area contributed by atoms with Crippen LogP contribution in [-0.4, -0.2) is 11.6 Å². The summed E-state index contributed by atoms with van der Waals surface area (Å²) in [6.45, 7) is 12.0. The Morgan fingerprint density at radius 1 is 0.929 bits per heavy atom. The van der Waals surface area contributed by atoms with Crippen molar-refractivity contribution in [3.63, 3.8) is 0 Å². The van der Waals surface area contributed by atoms with Gasteiger partial charge < -0.3 is 0 Å². The summed E-state index contributed by atoms with van der Waals surface area (Å²) in [5.74, 6) is 4.61. The van der Waals surface area contributed by atoms with Crippen molar-refractivity contribution in [2.75, 3.05) is 0 Å². The highest BCUT2D eigenvalue weighted by Crippen LogP contribution is 2.69. The molecule has 0 N–H and O–H groups in total. The summed E-state index contributed by atoms with van der Waals surface area (Å²) in [6.07, 6.45) is 11.4. The molecule has 0 unspecified atom stereocenters.